The number of nitrogens with one attached hydrogen (secondary N) is 1. The highest BCUT2D eigenvalue weighted by Gasteiger charge is 2.13. The molecule has 1 heterocycles. The van der Waals surface area contributed by atoms with E-state index in [1.807, 2.05) is 32.2 Å². The van der Waals surface area contributed by atoms with Gasteiger partial charge >= 0.3 is 0 Å². The average molecular weight is 341 g/mol. The third-order valence-corrected chi connectivity index (χ3v) is 3.90. The van der Waals surface area contributed by atoms with Crippen LogP contribution in [0.25, 0.3) is 11.4 Å². The van der Waals surface area contributed by atoms with Crippen LogP contribution >= 0.6 is 27.5 Å². The molecule has 2 rings (SSSR count). The van der Waals surface area contributed by atoms with Crippen LogP contribution < -0.4 is 5.32 Å². The average Bonchev–Trinajstić information content (AvgIpc) is 2.40. The molecule has 0 saturated carbocycles. The van der Waals surface area contributed by atoms with E-state index in [1.165, 1.54) is 0 Å². The van der Waals surface area contributed by atoms with E-state index in [1.54, 1.807) is 0 Å². The van der Waals surface area contributed by atoms with Gasteiger partial charge in [0.15, 0.2) is 5.82 Å². The molecule has 0 saturated heterocycles. The summed E-state index contributed by atoms with van der Waals surface area (Å²) in [6.07, 6.45) is 0.902. The lowest BCUT2D eigenvalue weighted by atomic mass is 10.1. The largest absolute Gasteiger partial charge is 0.373 e. The number of benzene rings is 1. The molecule has 0 aliphatic carbocycles. The molecule has 0 radical (unpaired) electrons. The number of nitrogens with zero attached hydrogens (tertiary/aromatic N) is 2. The molecule has 3 nitrogen and oxygen atoms in total. The van der Waals surface area contributed by atoms with E-state index in [0.717, 1.165) is 33.5 Å². The van der Waals surface area contributed by atoms with Gasteiger partial charge in [-0.15, -0.1) is 0 Å². The van der Waals surface area contributed by atoms with Gasteiger partial charge in [0, 0.05) is 33.4 Å². The van der Waals surface area contributed by atoms with Crippen molar-refractivity contribution in [2.45, 2.75) is 20.3 Å². The van der Waals surface area contributed by atoms with Crippen LogP contribution in [0.4, 0.5) is 5.82 Å². The van der Waals surface area contributed by atoms with Gasteiger partial charge in [-0.05, 0) is 31.5 Å². The quantitative estimate of drug-likeness (QED) is 0.895. The van der Waals surface area contributed by atoms with Gasteiger partial charge in [0.25, 0.3) is 0 Å². The molecule has 0 aliphatic heterocycles. The molecule has 0 spiro atoms. The fourth-order valence-electron chi connectivity index (χ4n) is 2.02. The second-order valence-electron chi connectivity index (χ2n) is 4.19. The third-order valence-electron chi connectivity index (χ3n) is 2.97. The molecule has 2 aromatic rings. The third kappa shape index (κ3) is 2.90. The maximum Gasteiger partial charge on any atom is 0.162 e. The van der Waals surface area contributed by atoms with Crippen molar-refractivity contribution in [3.8, 4) is 11.4 Å². The number of hydrogen-bond acceptors (Lipinski definition) is 3. The van der Waals surface area contributed by atoms with Crippen molar-refractivity contribution in [3.63, 3.8) is 0 Å². The summed E-state index contributed by atoms with van der Waals surface area (Å²) in [7, 11) is 1.87. The van der Waals surface area contributed by atoms with Gasteiger partial charge in [-0.1, -0.05) is 34.5 Å². The first-order valence-electron chi connectivity index (χ1n) is 6.07. The Bertz CT molecular complexity index is 614. The number of aromatic nitrogens is 2. The van der Waals surface area contributed by atoms with Crippen LogP contribution in [0.15, 0.2) is 22.7 Å². The fraction of sp³-hybridized carbons (Fsp3) is 0.286. The monoisotopic (exact) mass is 339 g/mol. The summed E-state index contributed by atoms with van der Waals surface area (Å²) in [5.41, 5.74) is 3.03. The van der Waals surface area contributed by atoms with Gasteiger partial charge in [0.2, 0.25) is 0 Å². The van der Waals surface area contributed by atoms with Crippen LogP contribution in [0, 0.1) is 6.92 Å². The maximum absolute atomic E-state index is 6.05. The van der Waals surface area contributed by atoms with E-state index in [0.29, 0.717) is 10.8 Å². The highest BCUT2D eigenvalue weighted by molar-refractivity contribution is 9.10. The summed E-state index contributed by atoms with van der Waals surface area (Å²) in [4.78, 5) is 9.17. The number of hydrogen-bond donors (Lipinski definition) is 1. The van der Waals surface area contributed by atoms with E-state index in [2.05, 4.69) is 38.1 Å². The Hall–Kier alpha value is -1.13. The van der Waals surface area contributed by atoms with Crippen LogP contribution in [0.5, 0.6) is 0 Å². The molecule has 0 fully saturated rings. The predicted octanol–water partition coefficient (Wildman–Crippen LogP) is 4.47. The molecule has 0 amide bonds. The van der Waals surface area contributed by atoms with E-state index < -0.39 is 0 Å². The van der Waals surface area contributed by atoms with Crippen molar-refractivity contribution in [1.82, 2.24) is 9.97 Å². The Balaban J connectivity index is 2.63. The minimum absolute atomic E-state index is 0.671. The Morgan fingerprint density at radius 2 is 2.05 bits per heavy atom. The molecule has 0 unspecified atom stereocenters. The standard InChI is InChI=1S/C14H15BrClN3/c1-4-10-8(2)18-14(19-13(10)17-3)11-7-9(16)5-6-12(11)15/h5-7H,4H2,1-3H3,(H,17,18,19). The number of aryl methyl sites for hydroxylation is 1. The smallest absolute Gasteiger partial charge is 0.162 e. The minimum Gasteiger partial charge on any atom is -0.373 e. The summed E-state index contributed by atoms with van der Waals surface area (Å²) in [5, 5.41) is 3.80. The zero-order valence-corrected chi connectivity index (χ0v) is 13.4. The van der Waals surface area contributed by atoms with Gasteiger partial charge in [-0.3, -0.25) is 0 Å². The SMILES string of the molecule is CCc1c(C)nc(-c2cc(Cl)ccc2Br)nc1NC. The second-order valence-corrected chi connectivity index (χ2v) is 5.48. The van der Waals surface area contributed by atoms with Crippen molar-refractivity contribution >= 4 is 33.3 Å². The maximum atomic E-state index is 6.05. The van der Waals surface area contributed by atoms with Crippen LogP contribution in [0.1, 0.15) is 18.2 Å². The molecular formula is C14H15BrClN3. The normalized spacial score (nSPS) is 10.6. The van der Waals surface area contributed by atoms with Gasteiger partial charge in [0.1, 0.15) is 5.82 Å². The summed E-state index contributed by atoms with van der Waals surface area (Å²) in [5.74, 6) is 1.55. The van der Waals surface area contributed by atoms with Crippen LogP contribution in [0.2, 0.25) is 5.02 Å². The highest BCUT2D eigenvalue weighted by Crippen LogP contribution is 2.30. The van der Waals surface area contributed by atoms with Crippen molar-refractivity contribution < 1.29 is 0 Å². The molecular weight excluding hydrogens is 326 g/mol. The Kier molecular flexibility index (Phi) is 4.42. The van der Waals surface area contributed by atoms with E-state index in [9.17, 15) is 0 Å². The Morgan fingerprint density at radius 3 is 2.68 bits per heavy atom. The number of halogens is 2. The van der Waals surface area contributed by atoms with Gasteiger partial charge in [-0.2, -0.15) is 0 Å². The molecule has 0 aliphatic rings. The Labute approximate surface area is 126 Å². The molecule has 1 aromatic heterocycles. The fourth-order valence-corrected chi connectivity index (χ4v) is 2.61. The molecule has 19 heavy (non-hydrogen) atoms. The van der Waals surface area contributed by atoms with Crippen LogP contribution in [0.3, 0.4) is 0 Å². The summed E-state index contributed by atoms with van der Waals surface area (Å²) < 4.78 is 0.933. The summed E-state index contributed by atoms with van der Waals surface area (Å²) in [6.45, 7) is 4.10. The molecule has 1 N–H and O–H groups in total. The molecule has 100 valence electrons. The zero-order chi connectivity index (χ0) is 14.0. The zero-order valence-electron chi connectivity index (χ0n) is 11.1. The van der Waals surface area contributed by atoms with Crippen molar-refractivity contribution in [2.75, 3.05) is 12.4 Å². The van der Waals surface area contributed by atoms with Gasteiger partial charge in [0.05, 0.1) is 0 Å². The van der Waals surface area contributed by atoms with Gasteiger partial charge in [-0.25, -0.2) is 9.97 Å². The van der Waals surface area contributed by atoms with E-state index in [4.69, 9.17) is 11.6 Å². The van der Waals surface area contributed by atoms with E-state index in [-0.39, 0.29) is 0 Å². The minimum atomic E-state index is 0.671. The lowest BCUT2D eigenvalue weighted by Crippen LogP contribution is -2.05. The first-order valence-corrected chi connectivity index (χ1v) is 7.24. The number of anilines is 1. The van der Waals surface area contributed by atoms with Gasteiger partial charge < -0.3 is 5.32 Å². The molecule has 0 bridgehead atoms. The predicted molar refractivity (Wildman–Crippen MR) is 83.8 cm³/mol. The van der Waals surface area contributed by atoms with Crippen molar-refractivity contribution in [3.05, 3.63) is 39.0 Å². The lowest BCUT2D eigenvalue weighted by Gasteiger charge is -2.12. The molecule has 0 atom stereocenters. The molecule has 5 heteroatoms. The Morgan fingerprint density at radius 1 is 1.32 bits per heavy atom. The topological polar surface area (TPSA) is 37.8 Å². The second kappa shape index (κ2) is 5.88. The first kappa shape index (κ1) is 14.3. The van der Waals surface area contributed by atoms with Crippen LogP contribution in [-0.2, 0) is 6.42 Å². The van der Waals surface area contributed by atoms with Crippen molar-refractivity contribution in [1.29, 1.82) is 0 Å². The highest BCUT2D eigenvalue weighted by atomic mass is 79.9. The lowest BCUT2D eigenvalue weighted by molar-refractivity contribution is 1.00. The van der Waals surface area contributed by atoms with Crippen LogP contribution in [-0.4, -0.2) is 17.0 Å². The van der Waals surface area contributed by atoms with E-state index >= 15 is 0 Å². The first-order chi connectivity index (χ1) is 9.06. The molecule has 1 aromatic carbocycles. The summed E-state index contributed by atoms with van der Waals surface area (Å²) in [6, 6.07) is 5.61. The summed E-state index contributed by atoms with van der Waals surface area (Å²) >= 11 is 9.56. The van der Waals surface area contributed by atoms with Crippen molar-refractivity contribution in [2.24, 2.45) is 0 Å². The number of rotatable bonds is 3.